The van der Waals surface area contributed by atoms with E-state index in [1.54, 1.807) is 12.3 Å². The van der Waals surface area contributed by atoms with Gasteiger partial charge in [0.2, 0.25) is 10.0 Å². The summed E-state index contributed by atoms with van der Waals surface area (Å²) < 4.78 is 26.2. The van der Waals surface area contributed by atoms with Crippen LogP contribution in [0.5, 0.6) is 0 Å². The van der Waals surface area contributed by atoms with E-state index in [9.17, 15) is 8.42 Å². The molecular weight excluding hydrogens is 340 g/mol. The van der Waals surface area contributed by atoms with Crippen molar-refractivity contribution in [2.75, 3.05) is 23.7 Å². The van der Waals surface area contributed by atoms with E-state index >= 15 is 0 Å². The smallest absolute Gasteiger partial charge is 0.225 e. The lowest BCUT2D eigenvalue weighted by molar-refractivity contribution is 0.564. The molecule has 3 aromatic rings. The van der Waals surface area contributed by atoms with Gasteiger partial charge in [0.1, 0.15) is 11.5 Å². The van der Waals surface area contributed by atoms with E-state index < -0.39 is 15.8 Å². The number of pyridine rings is 2. The Kier molecular flexibility index (Phi) is 3.78. The highest BCUT2D eigenvalue weighted by atomic mass is 32.2. The van der Waals surface area contributed by atoms with Gasteiger partial charge in [-0.2, -0.15) is 5.26 Å². The average Bonchev–Trinajstić information content (AvgIpc) is 3.22. The number of aromatic amines is 1. The van der Waals surface area contributed by atoms with Gasteiger partial charge in [-0.05, 0) is 18.6 Å². The lowest BCUT2D eigenvalue weighted by Gasteiger charge is -2.20. The Morgan fingerprint density at radius 2 is 2.28 bits per heavy atom. The first kappa shape index (κ1) is 15.8. The Morgan fingerprint density at radius 1 is 1.40 bits per heavy atom. The number of hydrogen-bond acceptors (Lipinski definition) is 6. The number of sulfonamides is 1. The molecule has 0 aliphatic carbocycles. The minimum absolute atomic E-state index is 0.223. The molecule has 0 saturated carbocycles. The van der Waals surface area contributed by atoms with Crippen LogP contribution in [0.1, 0.15) is 6.42 Å². The van der Waals surface area contributed by atoms with Crippen molar-refractivity contribution in [2.45, 2.75) is 12.5 Å². The molecule has 0 bridgehead atoms. The largest absolute Gasteiger partial charge is 0.354 e. The number of rotatable bonds is 4. The fourth-order valence-corrected chi connectivity index (χ4v) is 4.27. The van der Waals surface area contributed by atoms with Gasteiger partial charge < -0.3 is 9.88 Å². The number of aromatic nitrogens is 3. The first-order chi connectivity index (χ1) is 12.1. The van der Waals surface area contributed by atoms with Gasteiger partial charge in [0, 0.05) is 53.9 Å². The third-order valence-electron chi connectivity index (χ3n) is 4.38. The molecule has 1 saturated heterocycles. The van der Waals surface area contributed by atoms with Crippen LogP contribution < -0.4 is 9.62 Å². The van der Waals surface area contributed by atoms with Crippen molar-refractivity contribution in [2.24, 2.45) is 0 Å². The zero-order valence-electron chi connectivity index (χ0n) is 13.3. The van der Waals surface area contributed by atoms with Crippen LogP contribution in [0.4, 0.5) is 5.82 Å². The van der Waals surface area contributed by atoms with Crippen molar-refractivity contribution in [3.63, 3.8) is 0 Å². The summed E-state index contributed by atoms with van der Waals surface area (Å²) >= 11 is 0. The summed E-state index contributed by atoms with van der Waals surface area (Å²) in [5.74, 6) is 0.303. The normalized spacial score (nSPS) is 18.0. The van der Waals surface area contributed by atoms with Crippen molar-refractivity contribution in [1.29, 1.82) is 5.26 Å². The van der Waals surface area contributed by atoms with E-state index in [2.05, 4.69) is 24.6 Å². The van der Waals surface area contributed by atoms with Crippen molar-refractivity contribution in [3.05, 3.63) is 30.7 Å². The average molecular weight is 356 g/mol. The molecule has 0 spiro atoms. The Bertz CT molecular complexity index is 1080. The van der Waals surface area contributed by atoms with E-state index in [-0.39, 0.29) is 6.04 Å². The number of nitrogens with one attached hydrogen (secondary N) is 2. The number of nitriles is 1. The zero-order valence-corrected chi connectivity index (χ0v) is 14.1. The van der Waals surface area contributed by atoms with Crippen LogP contribution in [0, 0.1) is 11.3 Å². The SMILES string of the molecule is N#CCS(=O)(=O)NC1CCN(c2nccc3cnc4[nH]ccc4c23)C1. The molecule has 0 aromatic carbocycles. The third kappa shape index (κ3) is 2.90. The summed E-state index contributed by atoms with van der Waals surface area (Å²) in [7, 11) is -3.56. The van der Waals surface area contributed by atoms with Gasteiger partial charge in [0.05, 0.1) is 6.07 Å². The van der Waals surface area contributed by atoms with Crippen molar-refractivity contribution < 1.29 is 8.42 Å². The molecule has 0 amide bonds. The minimum Gasteiger partial charge on any atom is -0.354 e. The monoisotopic (exact) mass is 356 g/mol. The molecule has 1 atom stereocenters. The van der Waals surface area contributed by atoms with Gasteiger partial charge in [-0.1, -0.05) is 0 Å². The van der Waals surface area contributed by atoms with Gasteiger partial charge in [-0.3, -0.25) is 0 Å². The predicted molar refractivity (Wildman–Crippen MR) is 94.5 cm³/mol. The third-order valence-corrected chi connectivity index (χ3v) is 5.58. The molecule has 2 N–H and O–H groups in total. The van der Waals surface area contributed by atoms with Crippen molar-refractivity contribution >= 4 is 37.6 Å². The maximum absolute atomic E-state index is 11.8. The van der Waals surface area contributed by atoms with E-state index in [1.807, 2.05) is 24.5 Å². The highest BCUT2D eigenvalue weighted by Gasteiger charge is 2.28. The van der Waals surface area contributed by atoms with Crippen molar-refractivity contribution in [1.82, 2.24) is 19.7 Å². The number of anilines is 1. The molecule has 8 nitrogen and oxygen atoms in total. The van der Waals surface area contributed by atoms with Crippen LogP contribution in [-0.4, -0.2) is 48.3 Å². The predicted octanol–water partition coefficient (Wildman–Crippen LogP) is 1.13. The number of hydrogen-bond donors (Lipinski definition) is 2. The number of nitrogens with zero attached hydrogens (tertiary/aromatic N) is 4. The van der Waals surface area contributed by atoms with Gasteiger partial charge in [0.25, 0.3) is 0 Å². The van der Waals surface area contributed by atoms with Gasteiger partial charge in [-0.15, -0.1) is 0 Å². The lowest BCUT2D eigenvalue weighted by atomic mass is 10.1. The Hall–Kier alpha value is -2.70. The summed E-state index contributed by atoms with van der Waals surface area (Å²) in [6.07, 6.45) is 6.06. The topological polar surface area (TPSA) is 115 Å². The van der Waals surface area contributed by atoms with Crippen LogP contribution >= 0.6 is 0 Å². The molecule has 4 rings (SSSR count). The standard InChI is InChI=1S/C16H16N6O2S/c17-4-8-25(23,24)21-12-3-7-22(10-12)16-14-11(1-5-19-16)9-20-15-13(14)2-6-18-15/h1-2,5-6,9,12,21H,3,7-8,10H2,(H,18,20). The summed E-state index contributed by atoms with van der Waals surface area (Å²) in [4.78, 5) is 14.1. The van der Waals surface area contributed by atoms with Crippen LogP contribution in [0.2, 0.25) is 0 Å². The molecule has 9 heteroatoms. The quantitative estimate of drug-likeness (QED) is 0.724. The molecule has 1 aliphatic heterocycles. The molecular formula is C16H16N6O2S. The summed E-state index contributed by atoms with van der Waals surface area (Å²) in [5.41, 5.74) is 0.798. The van der Waals surface area contributed by atoms with Gasteiger partial charge in [-0.25, -0.2) is 23.1 Å². The van der Waals surface area contributed by atoms with Gasteiger partial charge >= 0.3 is 0 Å². The Labute approximate surface area is 144 Å². The number of H-pyrrole nitrogens is 1. The molecule has 25 heavy (non-hydrogen) atoms. The van der Waals surface area contributed by atoms with Crippen LogP contribution in [0.15, 0.2) is 30.7 Å². The fraction of sp³-hybridized carbons (Fsp3) is 0.312. The fourth-order valence-electron chi connectivity index (χ4n) is 3.32. The molecule has 3 aromatic heterocycles. The molecule has 1 unspecified atom stereocenters. The van der Waals surface area contributed by atoms with Crippen LogP contribution in [0.25, 0.3) is 21.8 Å². The first-order valence-electron chi connectivity index (χ1n) is 7.90. The van der Waals surface area contributed by atoms with E-state index in [0.717, 1.165) is 27.6 Å². The Balaban J connectivity index is 1.67. The highest BCUT2D eigenvalue weighted by Crippen LogP contribution is 2.32. The summed E-state index contributed by atoms with van der Waals surface area (Å²) in [6.45, 7) is 1.21. The molecule has 128 valence electrons. The summed E-state index contributed by atoms with van der Waals surface area (Å²) in [5, 5.41) is 11.6. The molecule has 1 aliphatic rings. The van der Waals surface area contributed by atoms with Crippen LogP contribution in [0.3, 0.4) is 0 Å². The lowest BCUT2D eigenvalue weighted by Crippen LogP contribution is -2.38. The van der Waals surface area contributed by atoms with E-state index in [0.29, 0.717) is 19.5 Å². The van der Waals surface area contributed by atoms with Crippen molar-refractivity contribution in [3.8, 4) is 6.07 Å². The zero-order chi connectivity index (χ0) is 17.4. The Morgan fingerprint density at radius 3 is 3.12 bits per heavy atom. The molecule has 4 heterocycles. The van der Waals surface area contributed by atoms with E-state index in [1.165, 1.54) is 0 Å². The molecule has 0 radical (unpaired) electrons. The highest BCUT2D eigenvalue weighted by molar-refractivity contribution is 7.89. The second-order valence-electron chi connectivity index (χ2n) is 6.06. The summed E-state index contributed by atoms with van der Waals surface area (Å²) in [6, 6.07) is 5.35. The second kappa shape index (κ2) is 5.98. The maximum Gasteiger partial charge on any atom is 0.225 e. The molecule has 1 fully saturated rings. The van der Waals surface area contributed by atoms with Crippen LogP contribution in [-0.2, 0) is 10.0 Å². The maximum atomic E-state index is 11.8. The second-order valence-corrected chi connectivity index (χ2v) is 7.82. The first-order valence-corrected chi connectivity index (χ1v) is 9.55. The number of fused-ring (bicyclic) bond motifs is 3. The van der Waals surface area contributed by atoms with Gasteiger partial charge in [0.15, 0.2) is 5.75 Å². The minimum atomic E-state index is -3.56. The van der Waals surface area contributed by atoms with E-state index in [4.69, 9.17) is 5.26 Å².